The van der Waals surface area contributed by atoms with Crippen molar-refractivity contribution < 1.29 is 0 Å². The van der Waals surface area contributed by atoms with Crippen molar-refractivity contribution in [2.24, 2.45) is 0 Å². The smallest absolute Gasteiger partial charge is 0.147 e. The zero-order chi connectivity index (χ0) is 10.1. The molecule has 1 aliphatic carbocycles. The molecule has 15 heavy (non-hydrogen) atoms. The second kappa shape index (κ2) is 3.93. The van der Waals surface area contributed by atoms with Crippen LogP contribution in [0.2, 0.25) is 0 Å². The Balaban J connectivity index is 1.91. The van der Waals surface area contributed by atoms with Crippen molar-refractivity contribution in [3.05, 3.63) is 11.6 Å². The van der Waals surface area contributed by atoms with Crippen LogP contribution in [0.15, 0.2) is 0 Å². The molecule has 0 atom stereocenters. The molecular weight excluding hydrogens is 188 g/mol. The van der Waals surface area contributed by atoms with E-state index in [0.717, 1.165) is 25.5 Å². The van der Waals surface area contributed by atoms with Gasteiger partial charge in [-0.1, -0.05) is 12.8 Å². The molecule has 2 heterocycles. The molecule has 0 unspecified atom stereocenters. The number of rotatable bonds is 1. The first-order valence-electron chi connectivity index (χ1n) is 6.08. The molecule has 0 radical (unpaired) electrons. The standard InChI is InChI=1S/C11H18N4/c1-2-5-9(4-1)11-14-13-10-8-12-6-3-7-15(10)11/h9,12H,1-8H2. The highest BCUT2D eigenvalue weighted by Gasteiger charge is 2.24. The Bertz CT molecular complexity index is 338. The molecule has 0 aromatic carbocycles. The van der Waals surface area contributed by atoms with Gasteiger partial charge in [-0.2, -0.15) is 0 Å². The van der Waals surface area contributed by atoms with Crippen molar-refractivity contribution in [1.82, 2.24) is 20.1 Å². The lowest BCUT2D eigenvalue weighted by Crippen LogP contribution is -2.12. The second-order valence-corrected chi connectivity index (χ2v) is 4.64. The van der Waals surface area contributed by atoms with Crippen molar-refractivity contribution in [1.29, 1.82) is 0 Å². The Morgan fingerprint density at radius 3 is 2.87 bits per heavy atom. The van der Waals surface area contributed by atoms with Crippen molar-refractivity contribution in [3.63, 3.8) is 0 Å². The van der Waals surface area contributed by atoms with Crippen molar-refractivity contribution in [2.45, 2.75) is 51.1 Å². The van der Waals surface area contributed by atoms with E-state index in [1.807, 2.05) is 0 Å². The molecule has 4 heteroatoms. The summed E-state index contributed by atoms with van der Waals surface area (Å²) >= 11 is 0. The van der Waals surface area contributed by atoms with Gasteiger partial charge in [0, 0.05) is 12.5 Å². The number of nitrogens with one attached hydrogen (secondary N) is 1. The van der Waals surface area contributed by atoms with Crippen molar-refractivity contribution in [3.8, 4) is 0 Å². The Labute approximate surface area is 90.1 Å². The SMILES string of the molecule is C1CCC(c2nnc3n2CCCNC3)C1. The topological polar surface area (TPSA) is 42.7 Å². The van der Waals surface area contributed by atoms with E-state index in [0.29, 0.717) is 5.92 Å². The Hall–Kier alpha value is -0.900. The van der Waals surface area contributed by atoms with Gasteiger partial charge in [0.05, 0.1) is 6.54 Å². The molecule has 1 aromatic heterocycles. The minimum Gasteiger partial charge on any atom is -0.314 e. The number of nitrogens with zero attached hydrogens (tertiary/aromatic N) is 3. The Morgan fingerprint density at radius 1 is 1.13 bits per heavy atom. The lowest BCUT2D eigenvalue weighted by Gasteiger charge is -2.11. The monoisotopic (exact) mass is 206 g/mol. The molecule has 4 nitrogen and oxygen atoms in total. The van der Waals surface area contributed by atoms with Crippen molar-refractivity contribution in [2.75, 3.05) is 6.54 Å². The van der Waals surface area contributed by atoms with Gasteiger partial charge in [0.15, 0.2) is 0 Å². The normalized spacial score (nSPS) is 22.7. The summed E-state index contributed by atoms with van der Waals surface area (Å²) < 4.78 is 2.36. The molecule has 0 spiro atoms. The predicted octanol–water partition coefficient (Wildman–Crippen LogP) is 1.43. The molecule has 0 saturated heterocycles. The first kappa shape index (κ1) is 9.33. The highest BCUT2D eigenvalue weighted by molar-refractivity contribution is 5.04. The van der Waals surface area contributed by atoms with E-state index < -0.39 is 0 Å². The molecular formula is C11H18N4. The van der Waals surface area contributed by atoms with E-state index in [9.17, 15) is 0 Å². The molecule has 0 amide bonds. The first-order chi connectivity index (χ1) is 7.45. The summed E-state index contributed by atoms with van der Waals surface area (Å²) in [5.74, 6) is 3.07. The average Bonchev–Trinajstić information content (AvgIpc) is 2.83. The molecule has 2 aliphatic rings. The lowest BCUT2D eigenvalue weighted by molar-refractivity contribution is 0.566. The largest absolute Gasteiger partial charge is 0.314 e. The maximum atomic E-state index is 4.39. The zero-order valence-corrected chi connectivity index (χ0v) is 9.08. The maximum Gasteiger partial charge on any atom is 0.147 e. The van der Waals surface area contributed by atoms with Gasteiger partial charge in [0.1, 0.15) is 11.6 Å². The van der Waals surface area contributed by atoms with E-state index in [2.05, 4.69) is 20.1 Å². The second-order valence-electron chi connectivity index (χ2n) is 4.64. The molecule has 3 rings (SSSR count). The summed E-state index contributed by atoms with van der Waals surface area (Å²) in [5.41, 5.74) is 0. The zero-order valence-electron chi connectivity index (χ0n) is 9.08. The van der Waals surface area contributed by atoms with Crippen LogP contribution < -0.4 is 5.32 Å². The van der Waals surface area contributed by atoms with Gasteiger partial charge in [-0.15, -0.1) is 10.2 Å². The van der Waals surface area contributed by atoms with E-state index in [4.69, 9.17) is 0 Å². The van der Waals surface area contributed by atoms with E-state index in [1.165, 1.54) is 37.9 Å². The summed E-state index contributed by atoms with van der Waals surface area (Å²) in [5, 5.41) is 12.1. The minimum absolute atomic E-state index is 0.685. The third kappa shape index (κ3) is 1.67. The average molecular weight is 206 g/mol. The highest BCUT2D eigenvalue weighted by atomic mass is 15.3. The van der Waals surface area contributed by atoms with Crippen LogP contribution in [0.1, 0.15) is 49.7 Å². The predicted molar refractivity (Wildman–Crippen MR) is 57.6 cm³/mol. The number of hydrogen-bond acceptors (Lipinski definition) is 3. The van der Waals surface area contributed by atoms with Crippen LogP contribution in [0.4, 0.5) is 0 Å². The fourth-order valence-electron chi connectivity index (χ4n) is 2.77. The fourth-order valence-corrected chi connectivity index (χ4v) is 2.77. The number of hydrogen-bond donors (Lipinski definition) is 1. The van der Waals surface area contributed by atoms with Gasteiger partial charge in [-0.05, 0) is 25.8 Å². The summed E-state index contributed by atoms with van der Waals surface area (Å²) in [6, 6.07) is 0. The van der Waals surface area contributed by atoms with Crippen LogP contribution in [0.5, 0.6) is 0 Å². The van der Waals surface area contributed by atoms with Gasteiger partial charge < -0.3 is 9.88 Å². The van der Waals surface area contributed by atoms with Gasteiger partial charge in [-0.25, -0.2) is 0 Å². The molecule has 82 valence electrons. The molecule has 1 N–H and O–H groups in total. The van der Waals surface area contributed by atoms with Crippen LogP contribution >= 0.6 is 0 Å². The molecule has 1 saturated carbocycles. The first-order valence-corrected chi connectivity index (χ1v) is 6.08. The third-order valence-electron chi connectivity index (χ3n) is 3.59. The lowest BCUT2D eigenvalue weighted by atomic mass is 10.1. The van der Waals surface area contributed by atoms with Crippen molar-refractivity contribution >= 4 is 0 Å². The molecule has 1 aliphatic heterocycles. The highest BCUT2D eigenvalue weighted by Crippen LogP contribution is 2.33. The van der Waals surface area contributed by atoms with E-state index in [1.54, 1.807) is 0 Å². The van der Waals surface area contributed by atoms with E-state index >= 15 is 0 Å². The van der Waals surface area contributed by atoms with Crippen LogP contribution in [0.3, 0.4) is 0 Å². The van der Waals surface area contributed by atoms with E-state index in [-0.39, 0.29) is 0 Å². The van der Waals surface area contributed by atoms with Gasteiger partial charge in [-0.3, -0.25) is 0 Å². The Morgan fingerprint density at radius 2 is 2.00 bits per heavy atom. The molecule has 0 bridgehead atoms. The van der Waals surface area contributed by atoms with Crippen LogP contribution in [-0.2, 0) is 13.1 Å². The molecule has 1 aromatic rings. The summed E-state index contributed by atoms with van der Waals surface area (Å²) in [6.45, 7) is 3.09. The molecule has 1 fully saturated rings. The van der Waals surface area contributed by atoms with Crippen LogP contribution in [-0.4, -0.2) is 21.3 Å². The minimum atomic E-state index is 0.685. The van der Waals surface area contributed by atoms with Gasteiger partial charge >= 0.3 is 0 Å². The third-order valence-corrected chi connectivity index (χ3v) is 3.59. The quantitative estimate of drug-likeness (QED) is 0.756. The summed E-state index contributed by atoms with van der Waals surface area (Å²) in [4.78, 5) is 0. The van der Waals surface area contributed by atoms with Crippen LogP contribution in [0, 0.1) is 0 Å². The summed E-state index contributed by atoms with van der Waals surface area (Å²) in [7, 11) is 0. The number of fused-ring (bicyclic) bond motifs is 1. The van der Waals surface area contributed by atoms with Crippen LogP contribution in [0.25, 0.3) is 0 Å². The maximum absolute atomic E-state index is 4.39. The number of aromatic nitrogens is 3. The summed E-state index contributed by atoms with van der Waals surface area (Å²) in [6.07, 6.45) is 6.55. The Kier molecular flexibility index (Phi) is 2.44. The van der Waals surface area contributed by atoms with Gasteiger partial charge in [0.2, 0.25) is 0 Å². The van der Waals surface area contributed by atoms with Gasteiger partial charge in [0.25, 0.3) is 0 Å². The fraction of sp³-hybridized carbons (Fsp3) is 0.818.